The molecule has 0 saturated heterocycles. The molecule has 0 heterocycles. The van der Waals surface area contributed by atoms with Crippen LogP contribution in [0.3, 0.4) is 0 Å². The fourth-order valence-corrected chi connectivity index (χ4v) is 1.94. The highest BCUT2D eigenvalue weighted by molar-refractivity contribution is 7.89. The molecule has 0 radical (unpaired) electrons. The highest BCUT2D eigenvalue weighted by Crippen LogP contribution is 2.18. The molecule has 1 aromatic carbocycles. The smallest absolute Gasteiger partial charge is 0.263 e. The van der Waals surface area contributed by atoms with Crippen molar-refractivity contribution in [1.82, 2.24) is 10.0 Å². The Kier molecular flexibility index (Phi) is 5.64. The lowest BCUT2D eigenvalue weighted by molar-refractivity contribution is 0.151. The van der Waals surface area contributed by atoms with Crippen LogP contribution in [0.2, 0.25) is 0 Å². The fraction of sp³-hybridized carbons (Fsp3) is 0.455. The van der Waals surface area contributed by atoms with Gasteiger partial charge in [0, 0.05) is 18.7 Å². The van der Waals surface area contributed by atoms with E-state index in [1.165, 1.54) is 19.2 Å². The number of nitrogens with one attached hydrogen (secondary N) is 2. The first-order chi connectivity index (χ1) is 8.44. The molecule has 0 saturated carbocycles. The average Bonchev–Trinajstić information content (AvgIpc) is 2.35. The topological polar surface area (TPSA) is 58.2 Å². The van der Waals surface area contributed by atoms with Gasteiger partial charge in [0.1, 0.15) is 0 Å². The van der Waals surface area contributed by atoms with E-state index in [0.29, 0.717) is 13.1 Å². The van der Waals surface area contributed by atoms with Gasteiger partial charge in [-0.25, -0.2) is 21.9 Å². The second kappa shape index (κ2) is 6.77. The third-order valence-electron chi connectivity index (χ3n) is 2.42. The normalized spacial score (nSPS) is 12.0. The highest BCUT2D eigenvalue weighted by atomic mass is 32.2. The van der Waals surface area contributed by atoms with Gasteiger partial charge >= 0.3 is 0 Å². The standard InChI is InChI=1S/C11H16F2N2O2S/c1-14-18(16,17)7-6-15-8-9-2-4-10(5-3-9)11(12)13/h2-5,11,14-15H,6-8H2,1H3. The first-order valence-electron chi connectivity index (χ1n) is 5.43. The highest BCUT2D eigenvalue weighted by Gasteiger charge is 2.07. The van der Waals surface area contributed by atoms with Gasteiger partial charge in [0.15, 0.2) is 0 Å². The van der Waals surface area contributed by atoms with Crippen LogP contribution in [-0.2, 0) is 16.6 Å². The SMILES string of the molecule is CNS(=O)(=O)CCNCc1ccc(C(F)F)cc1. The van der Waals surface area contributed by atoms with Gasteiger partial charge in [-0.05, 0) is 12.6 Å². The Morgan fingerprint density at radius 3 is 2.33 bits per heavy atom. The summed E-state index contributed by atoms with van der Waals surface area (Å²) in [7, 11) is -1.84. The number of benzene rings is 1. The summed E-state index contributed by atoms with van der Waals surface area (Å²) >= 11 is 0. The Morgan fingerprint density at radius 2 is 1.83 bits per heavy atom. The van der Waals surface area contributed by atoms with Gasteiger partial charge in [0.05, 0.1) is 5.75 Å². The molecule has 0 aromatic heterocycles. The maximum atomic E-state index is 12.3. The minimum absolute atomic E-state index is 0.0153. The van der Waals surface area contributed by atoms with E-state index in [9.17, 15) is 17.2 Å². The van der Waals surface area contributed by atoms with Gasteiger partial charge in [-0.1, -0.05) is 24.3 Å². The zero-order chi connectivity index (χ0) is 13.6. The molecule has 4 nitrogen and oxygen atoms in total. The van der Waals surface area contributed by atoms with Crippen LogP contribution in [0.15, 0.2) is 24.3 Å². The number of hydrogen-bond acceptors (Lipinski definition) is 3. The van der Waals surface area contributed by atoms with E-state index in [1.54, 1.807) is 12.1 Å². The van der Waals surface area contributed by atoms with Crippen LogP contribution < -0.4 is 10.0 Å². The van der Waals surface area contributed by atoms with Crippen molar-refractivity contribution in [1.29, 1.82) is 0 Å². The monoisotopic (exact) mass is 278 g/mol. The predicted molar refractivity (Wildman–Crippen MR) is 66.0 cm³/mol. The van der Waals surface area contributed by atoms with Crippen LogP contribution in [-0.4, -0.2) is 27.8 Å². The molecule has 2 N–H and O–H groups in total. The molecule has 0 unspecified atom stereocenters. The molecule has 102 valence electrons. The molecule has 1 rings (SSSR count). The van der Waals surface area contributed by atoms with Crippen molar-refractivity contribution >= 4 is 10.0 Å². The summed E-state index contributed by atoms with van der Waals surface area (Å²) in [4.78, 5) is 0. The van der Waals surface area contributed by atoms with Crippen LogP contribution in [0.5, 0.6) is 0 Å². The molecule has 0 aliphatic rings. The lowest BCUT2D eigenvalue weighted by atomic mass is 10.1. The first kappa shape index (κ1) is 15.0. The lowest BCUT2D eigenvalue weighted by Crippen LogP contribution is -2.29. The van der Waals surface area contributed by atoms with E-state index < -0.39 is 16.4 Å². The van der Waals surface area contributed by atoms with Crippen molar-refractivity contribution in [2.45, 2.75) is 13.0 Å². The van der Waals surface area contributed by atoms with Crippen LogP contribution >= 0.6 is 0 Å². The Morgan fingerprint density at radius 1 is 1.22 bits per heavy atom. The summed E-state index contributed by atoms with van der Waals surface area (Å²) in [5.41, 5.74) is 0.817. The van der Waals surface area contributed by atoms with E-state index in [-0.39, 0.29) is 11.3 Å². The summed E-state index contributed by atoms with van der Waals surface area (Å²) in [6.07, 6.45) is -2.47. The van der Waals surface area contributed by atoms with Crippen LogP contribution in [0.4, 0.5) is 8.78 Å². The number of alkyl halides is 2. The molecule has 0 bridgehead atoms. The molecule has 0 amide bonds. The molecule has 7 heteroatoms. The second-order valence-electron chi connectivity index (χ2n) is 3.74. The number of halogens is 2. The van der Waals surface area contributed by atoms with E-state index in [1.807, 2.05) is 0 Å². The molecular formula is C11H16F2N2O2S. The van der Waals surface area contributed by atoms with Gasteiger partial charge in [-0.15, -0.1) is 0 Å². The van der Waals surface area contributed by atoms with E-state index in [0.717, 1.165) is 5.56 Å². The number of rotatable bonds is 7. The van der Waals surface area contributed by atoms with E-state index >= 15 is 0 Å². The fourth-order valence-electron chi connectivity index (χ4n) is 1.32. The molecule has 18 heavy (non-hydrogen) atoms. The predicted octanol–water partition coefficient (Wildman–Crippen LogP) is 1.26. The maximum absolute atomic E-state index is 12.3. The van der Waals surface area contributed by atoms with E-state index in [2.05, 4.69) is 10.0 Å². The van der Waals surface area contributed by atoms with Crippen molar-refractivity contribution in [3.63, 3.8) is 0 Å². The first-order valence-corrected chi connectivity index (χ1v) is 7.09. The summed E-state index contributed by atoms with van der Waals surface area (Å²) in [5, 5.41) is 2.93. The van der Waals surface area contributed by atoms with E-state index in [4.69, 9.17) is 0 Å². The molecule has 1 aromatic rings. The van der Waals surface area contributed by atoms with Gasteiger partial charge in [0.25, 0.3) is 6.43 Å². The molecule has 0 atom stereocenters. The Hall–Kier alpha value is -1.05. The van der Waals surface area contributed by atoms with Crippen molar-refractivity contribution in [3.8, 4) is 0 Å². The van der Waals surface area contributed by atoms with Crippen molar-refractivity contribution in [3.05, 3.63) is 35.4 Å². The van der Waals surface area contributed by atoms with Gasteiger partial charge in [-0.3, -0.25) is 0 Å². The second-order valence-corrected chi connectivity index (χ2v) is 5.79. The third-order valence-corrected chi connectivity index (χ3v) is 3.78. The molecule has 0 aliphatic carbocycles. The third kappa shape index (κ3) is 5.07. The minimum Gasteiger partial charge on any atom is -0.312 e. The van der Waals surface area contributed by atoms with Gasteiger partial charge in [-0.2, -0.15) is 0 Å². The summed E-state index contributed by atoms with van der Waals surface area (Å²) in [6.45, 7) is 0.753. The zero-order valence-corrected chi connectivity index (χ0v) is 10.8. The Labute approximate surface area is 105 Å². The Balaban J connectivity index is 2.36. The molecule has 0 spiro atoms. The largest absolute Gasteiger partial charge is 0.312 e. The summed E-state index contributed by atoms with van der Waals surface area (Å²) in [6, 6.07) is 5.93. The lowest BCUT2D eigenvalue weighted by Gasteiger charge is -2.06. The van der Waals surface area contributed by atoms with Crippen LogP contribution in [0.1, 0.15) is 17.6 Å². The van der Waals surface area contributed by atoms with Gasteiger partial charge < -0.3 is 5.32 Å². The number of hydrogen-bond donors (Lipinski definition) is 2. The van der Waals surface area contributed by atoms with Crippen LogP contribution in [0, 0.1) is 0 Å². The summed E-state index contributed by atoms with van der Waals surface area (Å²) in [5.74, 6) is -0.0153. The maximum Gasteiger partial charge on any atom is 0.263 e. The zero-order valence-electron chi connectivity index (χ0n) is 9.99. The summed E-state index contributed by atoms with van der Waals surface area (Å²) < 4.78 is 49.0. The quantitative estimate of drug-likeness (QED) is 0.738. The van der Waals surface area contributed by atoms with Crippen LogP contribution in [0.25, 0.3) is 0 Å². The van der Waals surface area contributed by atoms with Crippen molar-refractivity contribution in [2.75, 3.05) is 19.3 Å². The minimum atomic E-state index is -3.20. The number of sulfonamides is 1. The van der Waals surface area contributed by atoms with Crippen molar-refractivity contribution in [2.24, 2.45) is 0 Å². The van der Waals surface area contributed by atoms with Crippen molar-refractivity contribution < 1.29 is 17.2 Å². The molecule has 0 fully saturated rings. The Bertz CT molecular complexity index is 460. The molecular weight excluding hydrogens is 262 g/mol. The van der Waals surface area contributed by atoms with Gasteiger partial charge in [0.2, 0.25) is 10.0 Å². The average molecular weight is 278 g/mol. The molecule has 0 aliphatic heterocycles.